The molecule has 0 unspecified atom stereocenters. The number of hydrogen-bond acceptors (Lipinski definition) is 5. The molecule has 0 bridgehead atoms. The van der Waals surface area contributed by atoms with Gasteiger partial charge in [-0.2, -0.15) is 0 Å². The second-order valence-corrected chi connectivity index (χ2v) is 14.3. The SMILES string of the molecule is CCCCCCCCC=CCCCCCCCC(=O)OCCN1CCN(CCC=C2c3ccccc3Sc3cccc(Cl)c32)CC1. The van der Waals surface area contributed by atoms with Crippen LogP contribution >= 0.6 is 23.4 Å². The Morgan fingerprint density at radius 2 is 1.39 bits per heavy atom. The number of halogens is 1. The minimum absolute atomic E-state index is 0.0336. The lowest BCUT2D eigenvalue weighted by Crippen LogP contribution is -2.47. The highest BCUT2D eigenvalue weighted by Gasteiger charge is 2.23. The molecule has 1 saturated heterocycles. The number of unbranched alkanes of at least 4 members (excludes halogenated alkanes) is 11. The maximum atomic E-state index is 12.2. The van der Waals surface area contributed by atoms with Crippen molar-refractivity contribution in [3.63, 3.8) is 0 Å². The fourth-order valence-corrected chi connectivity index (χ4v) is 7.90. The Hall–Kier alpha value is -2.05. The van der Waals surface area contributed by atoms with Crippen LogP contribution in [-0.4, -0.2) is 61.6 Å². The minimum Gasteiger partial charge on any atom is -0.464 e. The van der Waals surface area contributed by atoms with Gasteiger partial charge in [0.25, 0.3) is 0 Å². The Morgan fingerprint density at radius 3 is 2.13 bits per heavy atom. The van der Waals surface area contributed by atoms with E-state index in [1.807, 2.05) is 23.9 Å². The van der Waals surface area contributed by atoms with Gasteiger partial charge in [0.1, 0.15) is 6.61 Å². The minimum atomic E-state index is -0.0336. The van der Waals surface area contributed by atoms with Gasteiger partial charge < -0.3 is 9.64 Å². The standard InChI is InChI=1S/C40H57ClN2O2S/c1-2-3-4-5-6-7-8-9-10-11-12-13-14-15-16-26-39(44)45-33-32-43-30-28-42(29-31-43)27-20-22-35-34-21-17-18-24-37(34)46-38-25-19-23-36(41)40(35)38/h9-10,17-19,21-25H,2-8,11-16,20,26-33H2,1H3. The Bertz CT molecular complexity index is 1240. The highest BCUT2D eigenvalue weighted by Crippen LogP contribution is 2.47. The number of rotatable bonds is 21. The molecule has 4 rings (SSSR count). The first-order chi connectivity index (χ1) is 22.7. The normalized spacial score (nSPS) is 16.2. The first-order valence-electron chi connectivity index (χ1n) is 18.2. The van der Waals surface area contributed by atoms with Crippen LogP contribution in [-0.2, 0) is 9.53 Å². The molecule has 46 heavy (non-hydrogen) atoms. The summed E-state index contributed by atoms with van der Waals surface area (Å²) in [5.41, 5.74) is 3.71. The largest absolute Gasteiger partial charge is 0.464 e. The van der Waals surface area contributed by atoms with E-state index in [0.717, 1.165) is 63.6 Å². The van der Waals surface area contributed by atoms with Crippen molar-refractivity contribution in [3.8, 4) is 0 Å². The van der Waals surface area contributed by atoms with Crippen LogP contribution in [0.15, 0.2) is 70.5 Å². The molecule has 0 radical (unpaired) electrons. The van der Waals surface area contributed by atoms with Crippen LogP contribution in [0.25, 0.3) is 5.57 Å². The number of fused-ring (bicyclic) bond motifs is 2. The zero-order chi connectivity index (χ0) is 32.2. The molecule has 1 fully saturated rings. The van der Waals surface area contributed by atoms with Gasteiger partial charge in [-0.3, -0.25) is 9.69 Å². The van der Waals surface area contributed by atoms with Crippen molar-refractivity contribution in [3.05, 3.63) is 76.8 Å². The molecule has 0 N–H and O–H groups in total. The summed E-state index contributed by atoms with van der Waals surface area (Å²) in [6.45, 7) is 8.80. The van der Waals surface area contributed by atoms with Crippen LogP contribution in [0.4, 0.5) is 0 Å². The zero-order valence-corrected chi connectivity index (χ0v) is 29.9. The molecule has 2 aliphatic rings. The average Bonchev–Trinajstić information content (AvgIpc) is 3.07. The number of nitrogens with zero attached hydrogens (tertiary/aromatic N) is 2. The molecule has 0 saturated carbocycles. The Labute approximate surface area is 289 Å². The number of hydrogen-bond donors (Lipinski definition) is 0. The van der Waals surface area contributed by atoms with E-state index in [-0.39, 0.29) is 5.97 Å². The summed E-state index contributed by atoms with van der Waals surface area (Å²) in [4.78, 5) is 19.7. The second kappa shape index (κ2) is 21.8. The van der Waals surface area contributed by atoms with Gasteiger partial charge in [0.05, 0.1) is 0 Å². The van der Waals surface area contributed by atoms with Gasteiger partial charge in [-0.1, -0.05) is 124 Å². The Balaban J connectivity index is 1.00. The summed E-state index contributed by atoms with van der Waals surface area (Å²) in [6, 6.07) is 14.9. The van der Waals surface area contributed by atoms with Crippen molar-refractivity contribution in [2.75, 3.05) is 45.9 Å². The quantitative estimate of drug-likeness (QED) is 0.0643. The average molecular weight is 665 g/mol. The summed E-state index contributed by atoms with van der Waals surface area (Å²) in [5.74, 6) is -0.0336. The lowest BCUT2D eigenvalue weighted by molar-refractivity contribution is -0.144. The highest BCUT2D eigenvalue weighted by molar-refractivity contribution is 7.99. The third-order valence-corrected chi connectivity index (χ3v) is 10.7. The van der Waals surface area contributed by atoms with Crippen molar-refractivity contribution in [1.29, 1.82) is 0 Å². The van der Waals surface area contributed by atoms with Crippen molar-refractivity contribution < 1.29 is 9.53 Å². The van der Waals surface area contributed by atoms with E-state index in [4.69, 9.17) is 16.3 Å². The van der Waals surface area contributed by atoms with Crippen LogP contribution in [0.2, 0.25) is 5.02 Å². The van der Waals surface area contributed by atoms with Crippen LogP contribution in [0, 0.1) is 0 Å². The van der Waals surface area contributed by atoms with Crippen LogP contribution in [0.1, 0.15) is 114 Å². The van der Waals surface area contributed by atoms with Crippen LogP contribution in [0.5, 0.6) is 0 Å². The molecular formula is C40H57ClN2O2S. The summed E-state index contributed by atoms with van der Waals surface area (Å²) in [5, 5.41) is 0.827. The third-order valence-electron chi connectivity index (χ3n) is 9.21. The van der Waals surface area contributed by atoms with Gasteiger partial charge in [-0.25, -0.2) is 0 Å². The van der Waals surface area contributed by atoms with Gasteiger partial charge in [-0.05, 0) is 67.9 Å². The molecule has 2 aromatic carbocycles. The van der Waals surface area contributed by atoms with Crippen molar-refractivity contribution in [2.45, 2.75) is 113 Å². The molecule has 6 heteroatoms. The number of carbonyl (C=O) groups excluding carboxylic acids is 1. The van der Waals surface area contributed by atoms with E-state index in [9.17, 15) is 4.79 Å². The van der Waals surface area contributed by atoms with E-state index in [0.29, 0.717) is 13.0 Å². The molecule has 0 atom stereocenters. The smallest absolute Gasteiger partial charge is 0.305 e. The van der Waals surface area contributed by atoms with Crippen molar-refractivity contribution >= 4 is 34.9 Å². The summed E-state index contributed by atoms with van der Waals surface area (Å²) < 4.78 is 5.57. The predicted molar refractivity (Wildman–Crippen MR) is 197 cm³/mol. The molecule has 2 heterocycles. The summed E-state index contributed by atoms with van der Waals surface area (Å²) in [6.07, 6.45) is 25.2. The monoisotopic (exact) mass is 664 g/mol. The maximum Gasteiger partial charge on any atom is 0.305 e. The van der Waals surface area contributed by atoms with Gasteiger partial charge in [0, 0.05) is 66.1 Å². The molecule has 2 aliphatic heterocycles. The fraction of sp³-hybridized carbons (Fsp3) is 0.575. The predicted octanol–water partition coefficient (Wildman–Crippen LogP) is 10.8. The molecule has 4 nitrogen and oxygen atoms in total. The Kier molecular flexibility index (Phi) is 17.4. The van der Waals surface area contributed by atoms with E-state index < -0.39 is 0 Å². The topological polar surface area (TPSA) is 32.8 Å². The summed E-state index contributed by atoms with van der Waals surface area (Å²) >= 11 is 8.49. The van der Waals surface area contributed by atoms with Gasteiger partial charge >= 0.3 is 5.97 Å². The number of ether oxygens (including phenoxy) is 1. The van der Waals surface area contributed by atoms with Gasteiger partial charge in [0.15, 0.2) is 0 Å². The van der Waals surface area contributed by atoms with E-state index in [1.165, 1.54) is 97.1 Å². The van der Waals surface area contributed by atoms with E-state index in [1.54, 1.807) is 0 Å². The Morgan fingerprint density at radius 1 is 0.761 bits per heavy atom. The number of allylic oxidation sites excluding steroid dienone is 2. The first-order valence-corrected chi connectivity index (χ1v) is 19.4. The number of benzene rings is 2. The van der Waals surface area contributed by atoms with E-state index >= 15 is 0 Å². The highest BCUT2D eigenvalue weighted by atomic mass is 35.5. The van der Waals surface area contributed by atoms with Gasteiger partial charge in [0.2, 0.25) is 0 Å². The lowest BCUT2D eigenvalue weighted by Gasteiger charge is -2.34. The number of carbonyl (C=O) groups is 1. The number of esters is 1. The zero-order valence-electron chi connectivity index (χ0n) is 28.3. The molecule has 252 valence electrons. The number of piperazine rings is 1. The molecule has 2 aromatic rings. The van der Waals surface area contributed by atoms with Crippen LogP contribution < -0.4 is 0 Å². The van der Waals surface area contributed by atoms with Crippen molar-refractivity contribution in [1.82, 2.24) is 9.80 Å². The third kappa shape index (κ3) is 12.9. The maximum absolute atomic E-state index is 12.2. The van der Waals surface area contributed by atoms with E-state index in [2.05, 4.69) is 65.3 Å². The second-order valence-electron chi connectivity index (χ2n) is 12.9. The molecule has 0 amide bonds. The van der Waals surface area contributed by atoms with Crippen molar-refractivity contribution in [2.24, 2.45) is 0 Å². The molecular weight excluding hydrogens is 608 g/mol. The lowest BCUT2D eigenvalue weighted by atomic mass is 9.96. The van der Waals surface area contributed by atoms with Crippen LogP contribution in [0.3, 0.4) is 0 Å². The molecule has 0 aliphatic carbocycles. The fourth-order valence-electron chi connectivity index (χ4n) is 6.42. The molecule has 0 spiro atoms. The molecule has 0 aromatic heterocycles. The summed E-state index contributed by atoms with van der Waals surface area (Å²) in [7, 11) is 0. The van der Waals surface area contributed by atoms with Gasteiger partial charge in [-0.15, -0.1) is 0 Å². The first kappa shape index (κ1) is 36.8.